The number of carbonyl (C=O) groups is 1. The molecule has 0 saturated heterocycles. The molecule has 0 aliphatic carbocycles. The van der Waals surface area contributed by atoms with Crippen molar-refractivity contribution in [3.8, 4) is 22.8 Å². The van der Waals surface area contributed by atoms with Gasteiger partial charge >= 0.3 is 12.4 Å². The second-order valence-electron chi connectivity index (χ2n) is 10.3. The Morgan fingerprint density at radius 3 is 2.53 bits per heavy atom. The number of aryl methyl sites for hydroxylation is 2. The van der Waals surface area contributed by atoms with Crippen LogP contribution in [0, 0.1) is 6.92 Å². The molecule has 0 saturated carbocycles. The van der Waals surface area contributed by atoms with Crippen molar-refractivity contribution in [3.63, 3.8) is 0 Å². The number of unbranched alkanes of at least 4 members (excludes halogenated alkanes) is 1. The van der Waals surface area contributed by atoms with Crippen LogP contribution in [0.4, 0.5) is 23.7 Å². The van der Waals surface area contributed by atoms with E-state index in [9.17, 15) is 18.0 Å². The Bertz CT molecular complexity index is 1550. The summed E-state index contributed by atoms with van der Waals surface area (Å²) in [6, 6.07) is 19.0. The average Bonchev–Trinajstić information content (AvgIpc) is 3.43. The first-order valence-electron chi connectivity index (χ1n) is 13.8. The van der Waals surface area contributed by atoms with Crippen LogP contribution >= 0.6 is 12.2 Å². The highest BCUT2D eigenvalue weighted by Crippen LogP contribution is 2.26. The number of hydrogen-bond donors (Lipinski definition) is 3. The van der Waals surface area contributed by atoms with E-state index < -0.39 is 6.36 Å². The lowest BCUT2D eigenvalue weighted by atomic mass is 9.99. The fraction of sp³-hybridized carbons (Fsp3) is 0.290. The summed E-state index contributed by atoms with van der Waals surface area (Å²) in [5.41, 5.74) is 5.57. The van der Waals surface area contributed by atoms with Crippen molar-refractivity contribution >= 4 is 29.0 Å². The van der Waals surface area contributed by atoms with Gasteiger partial charge in [-0.3, -0.25) is 5.32 Å². The number of amides is 2. The van der Waals surface area contributed by atoms with Gasteiger partial charge < -0.3 is 15.4 Å². The number of nitrogens with one attached hydrogen (secondary N) is 3. The molecule has 0 fully saturated rings. The van der Waals surface area contributed by atoms with Gasteiger partial charge in [0, 0.05) is 17.8 Å². The van der Waals surface area contributed by atoms with E-state index in [1.165, 1.54) is 35.3 Å². The molecule has 0 unspecified atom stereocenters. The first-order chi connectivity index (χ1) is 20.5. The fourth-order valence-corrected chi connectivity index (χ4v) is 4.63. The highest BCUT2D eigenvalue weighted by Gasteiger charge is 2.31. The Kier molecular flexibility index (Phi) is 10.4. The van der Waals surface area contributed by atoms with Gasteiger partial charge in [-0.05, 0) is 97.4 Å². The van der Waals surface area contributed by atoms with E-state index in [-0.39, 0.29) is 16.9 Å². The van der Waals surface area contributed by atoms with Crippen LogP contribution in [0.1, 0.15) is 49.3 Å². The van der Waals surface area contributed by atoms with E-state index in [0.29, 0.717) is 24.0 Å². The minimum atomic E-state index is -4.75. The number of alkyl halides is 3. The molecule has 4 aromatic rings. The number of benzene rings is 3. The predicted octanol–water partition coefficient (Wildman–Crippen LogP) is 7.28. The van der Waals surface area contributed by atoms with Gasteiger partial charge in [0.2, 0.25) is 0 Å². The molecule has 43 heavy (non-hydrogen) atoms. The molecule has 3 aromatic carbocycles. The maximum atomic E-state index is 12.4. The molecule has 226 valence electrons. The van der Waals surface area contributed by atoms with Crippen molar-refractivity contribution in [3.05, 3.63) is 89.7 Å². The Balaban J connectivity index is 1.22. The van der Waals surface area contributed by atoms with Gasteiger partial charge in [-0.1, -0.05) is 44.2 Å². The van der Waals surface area contributed by atoms with Crippen LogP contribution in [0.2, 0.25) is 0 Å². The minimum Gasteiger partial charge on any atom is -0.406 e. The van der Waals surface area contributed by atoms with E-state index in [1.54, 1.807) is 0 Å². The highest BCUT2D eigenvalue weighted by molar-refractivity contribution is 7.80. The molecule has 12 heteroatoms. The monoisotopic (exact) mass is 610 g/mol. The Hall–Kier alpha value is -4.45. The number of carbonyl (C=O) groups excluding carboxylic acids is 1. The van der Waals surface area contributed by atoms with Crippen molar-refractivity contribution in [2.75, 3.05) is 11.9 Å². The lowest BCUT2D eigenvalue weighted by Crippen LogP contribution is -2.42. The lowest BCUT2D eigenvalue weighted by Gasteiger charge is -2.16. The second kappa shape index (κ2) is 14.1. The zero-order valence-electron chi connectivity index (χ0n) is 24.0. The third kappa shape index (κ3) is 9.53. The molecule has 0 bridgehead atoms. The van der Waals surface area contributed by atoms with E-state index >= 15 is 0 Å². The molecule has 1 heterocycles. The number of anilines is 1. The molecule has 4 rings (SSSR count). The van der Waals surface area contributed by atoms with Crippen LogP contribution in [0.25, 0.3) is 17.1 Å². The zero-order chi connectivity index (χ0) is 31.0. The van der Waals surface area contributed by atoms with E-state index in [0.717, 1.165) is 47.2 Å². The number of rotatable bonds is 10. The summed E-state index contributed by atoms with van der Waals surface area (Å²) < 4.78 is 42.6. The third-order valence-corrected chi connectivity index (χ3v) is 6.70. The molecule has 0 radical (unpaired) electrons. The van der Waals surface area contributed by atoms with Crippen LogP contribution < -0.4 is 20.7 Å². The van der Waals surface area contributed by atoms with E-state index in [2.05, 4.69) is 56.8 Å². The van der Waals surface area contributed by atoms with Gasteiger partial charge in [-0.2, -0.15) is 0 Å². The standard InChI is InChI=1S/C31H33F3N6O2S/c1-20(2)26-15-10-21(3)17-27(26)37-30(43)38-29(41)35-16-5-4-7-22-8-6-9-23(18-22)28-36-19-40(39-28)24-11-13-25(14-12-24)42-31(32,33)34/h6,8-15,17-20H,4-5,7,16H2,1-3H3,(H3,35,37,38,41,43). The smallest absolute Gasteiger partial charge is 0.406 e. The van der Waals surface area contributed by atoms with Crippen LogP contribution in [0.5, 0.6) is 5.75 Å². The van der Waals surface area contributed by atoms with Gasteiger partial charge in [-0.15, -0.1) is 18.3 Å². The van der Waals surface area contributed by atoms with Gasteiger partial charge in [0.1, 0.15) is 12.1 Å². The summed E-state index contributed by atoms with van der Waals surface area (Å²) >= 11 is 5.33. The molecule has 2 amide bonds. The van der Waals surface area contributed by atoms with Crippen LogP contribution in [0.3, 0.4) is 0 Å². The number of halogens is 3. The maximum Gasteiger partial charge on any atom is 0.573 e. The summed E-state index contributed by atoms with van der Waals surface area (Å²) in [6.07, 6.45) is -0.826. The van der Waals surface area contributed by atoms with E-state index in [1.807, 2.05) is 37.3 Å². The molecule has 3 N–H and O–H groups in total. The molecular weight excluding hydrogens is 577 g/mol. The maximum absolute atomic E-state index is 12.4. The Morgan fingerprint density at radius 1 is 1.05 bits per heavy atom. The number of nitrogens with zero attached hydrogens (tertiary/aromatic N) is 3. The summed E-state index contributed by atoms with van der Waals surface area (Å²) in [4.78, 5) is 16.7. The summed E-state index contributed by atoms with van der Waals surface area (Å²) in [7, 11) is 0. The third-order valence-electron chi connectivity index (χ3n) is 6.50. The highest BCUT2D eigenvalue weighted by atomic mass is 32.1. The molecule has 0 atom stereocenters. The molecule has 0 aliphatic heterocycles. The number of thiocarbonyl (C=S) groups is 1. The quantitative estimate of drug-likeness (QED) is 0.129. The Morgan fingerprint density at radius 2 is 1.81 bits per heavy atom. The van der Waals surface area contributed by atoms with Crippen LogP contribution in [0.15, 0.2) is 73.1 Å². The van der Waals surface area contributed by atoms with Crippen LogP contribution in [-0.2, 0) is 6.42 Å². The lowest BCUT2D eigenvalue weighted by molar-refractivity contribution is -0.274. The molecule has 1 aromatic heterocycles. The largest absolute Gasteiger partial charge is 0.573 e. The number of ether oxygens (including phenoxy) is 1. The van der Waals surface area contributed by atoms with Gasteiger partial charge in [-0.25, -0.2) is 14.5 Å². The molecular formula is C31H33F3N6O2S. The van der Waals surface area contributed by atoms with Crippen molar-refractivity contribution in [1.82, 2.24) is 25.4 Å². The summed E-state index contributed by atoms with van der Waals surface area (Å²) in [6.45, 7) is 6.71. The fourth-order valence-electron chi connectivity index (χ4n) is 4.42. The number of aromatic nitrogens is 3. The minimum absolute atomic E-state index is 0.241. The van der Waals surface area contributed by atoms with Crippen molar-refractivity contribution in [2.45, 2.75) is 52.3 Å². The average molecular weight is 611 g/mol. The Labute approximate surface area is 253 Å². The summed E-state index contributed by atoms with van der Waals surface area (Å²) in [5.74, 6) is 0.496. The molecule has 0 spiro atoms. The van der Waals surface area contributed by atoms with Gasteiger partial charge in [0.25, 0.3) is 0 Å². The number of urea groups is 1. The molecule has 8 nitrogen and oxygen atoms in total. The van der Waals surface area contributed by atoms with Crippen LogP contribution in [-0.4, -0.2) is 38.8 Å². The SMILES string of the molecule is Cc1ccc(C(C)C)c(NC(=S)NC(=O)NCCCCc2cccc(-c3ncn(-c4ccc(OC(F)(F)F)cc4)n3)c2)c1. The first-order valence-corrected chi connectivity index (χ1v) is 14.2. The van der Waals surface area contributed by atoms with Crippen molar-refractivity contribution in [2.24, 2.45) is 0 Å². The zero-order valence-corrected chi connectivity index (χ0v) is 24.9. The predicted molar refractivity (Wildman–Crippen MR) is 164 cm³/mol. The summed E-state index contributed by atoms with van der Waals surface area (Å²) in [5, 5.41) is 13.4. The van der Waals surface area contributed by atoms with Crippen molar-refractivity contribution < 1.29 is 22.7 Å². The van der Waals surface area contributed by atoms with Gasteiger partial charge in [0.05, 0.1) is 5.69 Å². The topological polar surface area (TPSA) is 93.1 Å². The van der Waals surface area contributed by atoms with Crippen molar-refractivity contribution in [1.29, 1.82) is 0 Å². The number of hydrogen-bond acceptors (Lipinski definition) is 5. The molecule has 0 aliphatic rings. The second-order valence-corrected chi connectivity index (χ2v) is 10.7. The van der Waals surface area contributed by atoms with Gasteiger partial charge in [0.15, 0.2) is 10.9 Å². The van der Waals surface area contributed by atoms with E-state index in [4.69, 9.17) is 12.2 Å². The normalized spacial score (nSPS) is 11.3. The first kappa shape index (κ1) is 31.5.